The minimum atomic E-state index is -0.647. The Morgan fingerprint density at radius 3 is 2.74 bits per heavy atom. The summed E-state index contributed by atoms with van der Waals surface area (Å²) in [5, 5.41) is 13.7. The smallest absolute Gasteiger partial charge is 0.307 e. The molecule has 136 valence electrons. The van der Waals surface area contributed by atoms with Crippen molar-refractivity contribution in [2.75, 3.05) is 17.2 Å². The second kappa shape index (κ2) is 8.38. The van der Waals surface area contributed by atoms with Gasteiger partial charge in [-0.25, -0.2) is 0 Å². The highest BCUT2D eigenvalue weighted by atomic mass is 32.2. The Labute approximate surface area is 159 Å². The van der Waals surface area contributed by atoms with Crippen LogP contribution in [-0.2, 0) is 19.1 Å². The molecular formula is C19H15N3O4S. The molecule has 1 atom stereocenters. The van der Waals surface area contributed by atoms with Crippen molar-refractivity contribution in [3.8, 4) is 6.07 Å². The number of ether oxygens (including phenoxy) is 1. The monoisotopic (exact) mass is 381 g/mol. The van der Waals surface area contributed by atoms with Crippen molar-refractivity contribution in [3.05, 3.63) is 54.1 Å². The number of carbonyl (C=O) groups excluding carboxylic acids is 3. The van der Waals surface area contributed by atoms with E-state index in [9.17, 15) is 14.4 Å². The maximum atomic E-state index is 12.1. The van der Waals surface area contributed by atoms with Crippen LogP contribution in [0.15, 0.2) is 53.4 Å². The highest BCUT2D eigenvalue weighted by Crippen LogP contribution is 2.36. The molecule has 0 radical (unpaired) electrons. The van der Waals surface area contributed by atoms with Crippen molar-refractivity contribution in [1.29, 1.82) is 5.26 Å². The lowest BCUT2D eigenvalue weighted by atomic mass is 10.2. The Kier molecular flexibility index (Phi) is 5.74. The number of anilines is 2. The number of fused-ring (bicyclic) bond motifs is 1. The zero-order valence-corrected chi connectivity index (χ0v) is 14.9. The number of para-hydroxylation sites is 2. The van der Waals surface area contributed by atoms with Gasteiger partial charge in [-0.1, -0.05) is 24.3 Å². The average Bonchev–Trinajstić information content (AvgIpc) is 2.67. The summed E-state index contributed by atoms with van der Waals surface area (Å²) in [6, 6.07) is 15.8. The summed E-state index contributed by atoms with van der Waals surface area (Å²) >= 11 is 1.29. The van der Waals surface area contributed by atoms with Crippen LogP contribution >= 0.6 is 11.8 Å². The topological polar surface area (TPSA) is 108 Å². The maximum Gasteiger partial charge on any atom is 0.307 e. The SMILES string of the molecule is N#Cc1ccccc1NC(=O)COC(=O)C[C@H]1Sc2ccccc2NC1=O. The molecule has 0 saturated heterocycles. The molecule has 0 unspecified atom stereocenters. The standard InChI is InChI=1S/C19H15N3O4S/c20-10-12-5-1-2-6-13(12)21-17(23)11-26-18(24)9-16-19(25)22-14-7-3-4-8-15(14)27-16/h1-8,16H,9,11H2,(H,21,23)(H,22,25)/t16-/m1/s1. The van der Waals surface area contributed by atoms with E-state index in [0.717, 1.165) is 4.90 Å². The molecule has 1 aliphatic rings. The number of nitriles is 1. The van der Waals surface area contributed by atoms with E-state index in [1.807, 2.05) is 24.3 Å². The van der Waals surface area contributed by atoms with Crippen LogP contribution in [0.1, 0.15) is 12.0 Å². The molecule has 8 heteroatoms. The van der Waals surface area contributed by atoms with Gasteiger partial charge < -0.3 is 15.4 Å². The molecule has 1 aliphatic heterocycles. The van der Waals surface area contributed by atoms with Gasteiger partial charge in [0.15, 0.2) is 6.61 Å². The van der Waals surface area contributed by atoms with E-state index in [0.29, 0.717) is 16.9 Å². The van der Waals surface area contributed by atoms with Crippen LogP contribution in [0, 0.1) is 11.3 Å². The van der Waals surface area contributed by atoms with Crippen LogP contribution < -0.4 is 10.6 Å². The van der Waals surface area contributed by atoms with Gasteiger partial charge in [0.25, 0.3) is 5.91 Å². The normalized spacial score (nSPS) is 15.1. The largest absolute Gasteiger partial charge is 0.456 e. The fraction of sp³-hybridized carbons (Fsp3) is 0.158. The number of esters is 1. The second-order valence-corrected chi connectivity index (χ2v) is 6.91. The Morgan fingerprint density at radius 1 is 1.19 bits per heavy atom. The van der Waals surface area contributed by atoms with Gasteiger partial charge in [-0.05, 0) is 24.3 Å². The quantitative estimate of drug-likeness (QED) is 0.771. The molecule has 2 aromatic carbocycles. The minimum Gasteiger partial charge on any atom is -0.456 e. The Morgan fingerprint density at radius 2 is 1.93 bits per heavy atom. The summed E-state index contributed by atoms with van der Waals surface area (Å²) in [6.45, 7) is -0.492. The molecule has 0 aromatic heterocycles. The lowest BCUT2D eigenvalue weighted by Gasteiger charge is -2.23. The molecule has 3 rings (SSSR count). The van der Waals surface area contributed by atoms with Gasteiger partial charge in [0.05, 0.1) is 28.6 Å². The number of nitrogens with zero attached hydrogens (tertiary/aromatic N) is 1. The predicted molar refractivity (Wildman–Crippen MR) is 100 cm³/mol. The Balaban J connectivity index is 1.51. The minimum absolute atomic E-state index is 0.146. The fourth-order valence-electron chi connectivity index (χ4n) is 2.46. The lowest BCUT2D eigenvalue weighted by molar-refractivity contribution is -0.147. The number of amides is 2. The van der Waals surface area contributed by atoms with Crippen LogP contribution in [0.4, 0.5) is 11.4 Å². The number of hydrogen-bond acceptors (Lipinski definition) is 6. The number of benzene rings is 2. The molecule has 0 saturated carbocycles. The molecular weight excluding hydrogens is 366 g/mol. The number of hydrogen-bond donors (Lipinski definition) is 2. The summed E-state index contributed by atoms with van der Waals surface area (Å²) in [5.74, 6) is -1.48. The third-order valence-electron chi connectivity index (χ3n) is 3.74. The Hall–Kier alpha value is -3.31. The number of carbonyl (C=O) groups is 3. The summed E-state index contributed by atoms with van der Waals surface area (Å²) in [6.07, 6.45) is -0.146. The zero-order chi connectivity index (χ0) is 19.2. The fourth-order valence-corrected chi connectivity index (χ4v) is 3.55. The van der Waals surface area contributed by atoms with Gasteiger partial charge in [-0.3, -0.25) is 14.4 Å². The van der Waals surface area contributed by atoms with Crippen molar-refractivity contribution >= 4 is 40.9 Å². The van der Waals surface area contributed by atoms with E-state index in [2.05, 4.69) is 10.6 Å². The number of thioether (sulfide) groups is 1. The molecule has 2 N–H and O–H groups in total. The summed E-state index contributed by atoms with van der Waals surface area (Å²) in [5.41, 5.74) is 1.37. The first-order valence-electron chi connectivity index (χ1n) is 8.08. The molecule has 1 heterocycles. The van der Waals surface area contributed by atoms with Gasteiger partial charge in [0.2, 0.25) is 5.91 Å². The van der Waals surface area contributed by atoms with E-state index >= 15 is 0 Å². The van der Waals surface area contributed by atoms with Crippen molar-refractivity contribution in [3.63, 3.8) is 0 Å². The van der Waals surface area contributed by atoms with E-state index in [-0.39, 0.29) is 12.3 Å². The predicted octanol–water partition coefficient (Wildman–Crippen LogP) is 2.54. The molecule has 2 aromatic rings. The van der Waals surface area contributed by atoms with Crippen LogP contribution in [0.2, 0.25) is 0 Å². The first-order chi connectivity index (χ1) is 13.1. The molecule has 0 spiro atoms. The number of nitrogens with one attached hydrogen (secondary N) is 2. The van der Waals surface area contributed by atoms with Gasteiger partial charge in [-0.2, -0.15) is 5.26 Å². The first kappa shape index (κ1) is 18.5. The zero-order valence-electron chi connectivity index (χ0n) is 14.1. The highest BCUT2D eigenvalue weighted by molar-refractivity contribution is 8.01. The van der Waals surface area contributed by atoms with E-state index < -0.39 is 23.7 Å². The van der Waals surface area contributed by atoms with Crippen LogP contribution in [0.25, 0.3) is 0 Å². The van der Waals surface area contributed by atoms with Crippen molar-refractivity contribution in [2.45, 2.75) is 16.6 Å². The summed E-state index contributed by atoms with van der Waals surface area (Å²) in [4.78, 5) is 36.9. The number of rotatable bonds is 5. The third kappa shape index (κ3) is 4.65. The molecule has 0 bridgehead atoms. The molecule has 0 fully saturated rings. The van der Waals surface area contributed by atoms with E-state index in [4.69, 9.17) is 10.00 Å². The molecule has 2 amide bonds. The maximum absolute atomic E-state index is 12.1. The molecule has 7 nitrogen and oxygen atoms in total. The van der Waals surface area contributed by atoms with Gasteiger partial charge in [0, 0.05) is 4.90 Å². The highest BCUT2D eigenvalue weighted by Gasteiger charge is 2.29. The van der Waals surface area contributed by atoms with E-state index in [1.165, 1.54) is 11.8 Å². The first-order valence-corrected chi connectivity index (χ1v) is 8.96. The van der Waals surface area contributed by atoms with Gasteiger partial charge >= 0.3 is 5.97 Å². The van der Waals surface area contributed by atoms with Gasteiger partial charge in [0.1, 0.15) is 6.07 Å². The van der Waals surface area contributed by atoms with Crippen LogP contribution in [-0.4, -0.2) is 29.6 Å². The third-order valence-corrected chi connectivity index (χ3v) is 5.02. The lowest BCUT2D eigenvalue weighted by Crippen LogP contribution is -2.32. The van der Waals surface area contributed by atoms with Crippen molar-refractivity contribution in [1.82, 2.24) is 0 Å². The van der Waals surface area contributed by atoms with Crippen molar-refractivity contribution < 1.29 is 19.1 Å². The van der Waals surface area contributed by atoms with Crippen LogP contribution in [0.5, 0.6) is 0 Å². The summed E-state index contributed by atoms with van der Waals surface area (Å²) in [7, 11) is 0. The van der Waals surface area contributed by atoms with Gasteiger partial charge in [-0.15, -0.1) is 11.8 Å². The van der Waals surface area contributed by atoms with Crippen LogP contribution in [0.3, 0.4) is 0 Å². The van der Waals surface area contributed by atoms with Crippen molar-refractivity contribution in [2.24, 2.45) is 0 Å². The molecule has 27 heavy (non-hydrogen) atoms. The second-order valence-electron chi connectivity index (χ2n) is 5.66. The summed E-state index contributed by atoms with van der Waals surface area (Å²) < 4.78 is 4.96. The average molecular weight is 381 g/mol. The Bertz CT molecular complexity index is 939. The van der Waals surface area contributed by atoms with E-state index in [1.54, 1.807) is 30.3 Å². The molecule has 0 aliphatic carbocycles.